The van der Waals surface area contributed by atoms with E-state index < -0.39 is 0 Å². The fourth-order valence-electron chi connectivity index (χ4n) is 1.57. The van der Waals surface area contributed by atoms with Crippen molar-refractivity contribution in [2.24, 2.45) is 5.73 Å². The highest BCUT2D eigenvalue weighted by Crippen LogP contribution is 2.24. The molecule has 3 heteroatoms. The molecule has 0 amide bonds. The summed E-state index contributed by atoms with van der Waals surface area (Å²) in [4.78, 5) is 0. The number of hydrogen-bond donors (Lipinski definition) is 1. The highest BCUT2D eigenvalue weighted by atomic mass is 16.5. The van der Waals surface area contributed by atoms with Gasteiger partial charge >= 0.3 is 0 Å². The standard InChI is InChI=1S/C14H14O2.CH5N/c1-15-13-7-3-11(4-8-13)12-5-9-14(16-2)10-6-12;1-2/h3-10H,1-2H3;2H2,1H3. The van der Waals surface area contributed by atoms with E-state index in [1.165, 1.54) is 18.2 Å². The molecule has 0 spiro atoms. The van der Waals surface area contributed by atoms with E-state index in [-0.39, 0.29) is 0 Å². The lowest BCUT2D eigenvalue weighted by Gasteiger charge is -2.05. The SMILES string of the molecule is CN.COc1ccc(-c2ccc(OC)cc2)cc1. The molecule has 3 nitrogen and oxygen atoms in total. The van der Waals surface area contributed by atoms with E-state index in [0.29, 0.717) is 0 Å². The Morgan fingerprint density at radius 3 is 1.11 bits per heavy atom. The summed E-state index contributed by atoms with van der Waals surface area (Å²) in [6.45, 7) is 0. The van der Waals surface area contributed by atoms with Gasteiger partial charge in [0.2, 0.25) is 0 Å². The van der Waals surface area contributed by atoms with Gasteiger partial charge < -0.3 is 15.2 Å². The first-order valence-corrected chi connectivity index (χ1v) is 5.69. The summed E-state index contributed by atoms with van der Waals surface area (Å²) in [5.74, 6) is 1.74. The first-order valence-electron chi connectivity index (χ1n) is 5.69. The number of methoxy groups -OCH3 is 2. The van der Waals surface area contributed by atoms with Crippen molar-refractivity contribution >= 4 is 0 Å². The van der Waals surface area contributed by atoms with Gasteiger partial charge in [-0.15, -0.1) is 0 Å². The highest BCUT2D eigenvalue weighted by Gasteiger charge is 1.98. The molecule has 0 saturated carbocycles. The van der Waals surface area contributed by atoms with Crippen LogP contribution in [0.2, 0.25) is 0 Å². The van der Waals surface area contributed by atoms with E-state index in [4.69, 9.17) is 9.47 Å². The Morgan fingerprint density at radius 1 is 0.611 bits per heavy atom. The minimum atomic E-state index is 0.872. The molecule has 0 aliphatic rings. The van der Waals surface area contributed by atoms with Gasteiger partial charge in [0.25, 0.3) is 0 Å². The van der Waals surface area contributed by atoms with Gasteiger partial charge in [-0.1, -0.05) is 24.3 Å². The third kappa shape index (κ3) is 3.50. The van der Waals surface area contributed by atoms with Crippen LogP contribution in [0, 0.1) is 0 Å². The minimum Gasteiger partial charge on any atom is -0.497 e. The molecule has 2 N–H and O–H groups in total. The Hall–Kier alpha value is -2.00. The lowest BCUT2D eigenvalue weighted by atomic mass is 10.1. The zero-order valence-electron chi connectivity index (χ0n) is 11.0. The molecule has 0 aromatic heterocycles. The second-order valence-electron chi connectivity index (χ2n) is 3.46. The van der Waals surface area contributed by atoms with E-state index >= 15 is 0 Å². The molecule has 0 aliphatic heterocycles. The number of nitrogens with two attached hydrogens (primary N) is 1. The molecule has 18 heavy (non-hydrogen) atoms. The average molecular weight is 245 g/mol. The van der Waals surface area contributed by atoms with Crippen LogP contribution in [0.4, 0.5) is 0 Å². The lowest BCUT2D eigenvalue weighted by molar-refractivity contribution is 0.414. The number of benzene rings is 2. The molecule has 0 saturated heterocycles. The first kappa shape index (κ1) is 14.1. The molecular formula is C15H19NO2. The molecule has 0 radical (unpaired) electrons. The van der Waals surface area contributed by atoms with Crippen molar-refractivity contribution in [1.29, 1.82) is 0 Å². The Labute approximate surface area is 108 Å². The van der Waals surface area contributed by atoms with E-state index in [1.807, 2.05) is 48.5 Å². The fraction of sp³-hybridized carbons (Fsp3) is 0.200. The molecule has 0 aliphatic carbocycles. The summed E-state index contributed by atoms with van der Waals surface area (Å²) in [6.07, 6.45) is 0. The topological polar surface area (TPSA) is 44.5 Å². The van der Waals surface area contributed by atoms with Crippen LogP contribution in [-0.2, 0) is 0 Å². The normalized spacial score (nSPS) is 9.11. The Kier molecular flexibility index (Phi) is 5.74. The largest absolute Gasteiger partial charge is 0.497 e. The van der Waals surface area contributed by atoms with Gasteiger partial charge in [0.15, 0.2) is 0 Å². The number of hydrogen-bond acceptors (Lipinski definition) is 3. The maximum atomic E-state index is 5.12. The molecule has 2 aromatic carbocycles. The van der Waals surface area contributed by atoms with Gasteiger partial charge in [-0.25, -0.2) is 0 Å². The van der Waals surface area contributed by atoms with Crippen LogP contribution in [0.5, 0.6) is 11.5 Å². The van der Waals surface area contributed by atoms with Crippen LogP contribution in [0.3, 0.4) is 0 Å². The van der Waals surface area contributed by atoms with Gasteiger partial charge in [-0.3, -0.25) is 0 Å². The molecule has 0 atom stereocenters. The summed E-state index contributed by atoms with van der Waals surface area (Å²) < 4.78 is 10.2. The third-order valence-electron chi connectivity index (χ3n) is 2.51. The first-order chi connectivity index (χ1) is 8.83. The van der Waals surface area contributed by atoms with Crippen molar-refractivity contribution in [2.75, 3.05) is 21.3 Å². The minimum absolute atomic E-state index is 0.872. The van der Waals surface area contributed by atoms with E-state index in [2.05, 4.69) is 5.73 Å². The van der Waals surface area contributed by atoms with Gasteiger partial charge in [0.05, 0.1) is 14.2 Å². The molecule has 0 fully saturated rings. The van der Waals surface area contributed by atoms with E-state index in [0.717, 1.165) is 11.5 Å². The zero-order chi connectivity index (χ0) is 13.4. The quantitative estimate of drug-likeness (QED) is 0.904. The molecule has 2 aromatic rings. The second kappa shape index (κ2) is 7.35. The summed E-state index contributed by atoms with van der Waals surface area (Å²) in [5, 5.41) is 0. The highest BCUT2D eigenvalue weighted by molar-refractivity contribution is 5.64. The summed E-state index contributed by atoms with van der Waals surface area (Å²) in [5.41, 5.74) is 6.84. The average Bonchev–Trinajstić information content (AvgIpc) is 2.49. The Morgan fingerprint density at radius 2 is 0.889 bits per heavy atom. The Balaban J connectivity index is 0.000000771. The van der Waals surface area contributed by atoms with Crippen molar-refractivity contribution in [3.63, 3.8) is 0 Å². The van der Waals surface area contributed by atoms with Gasteiger partial charge in [-0.2, -0.15) is 0 Å². The summed E-state index contributed by atoms with van der Waals surface area (Å²) in [7, 11) is 4.84. The van der Waals surface area contributed by atoms with Gasteiger partial charge in [0.1, 0.15) is 11.5 Å². The molecule has 0 heterocycles. The number of rotatable bonds is 3. The van der Waals surface area contributed by atoms with Gasteiger partial charge in [0, 0.05) is 0 Å². The lowest BCUT2D eigenvalue weighted by Crippen LogP contribution is -1.84. The van der Waals surface area contributed by atoms with Crippen LogP contribution in [-0.4, -0.2) is 21.3 Å². The van der Waals surface area contributed by atoms with E-state index in [9.17, 15) is 0 Å². The predicted molar refractivity (Wildman–Crippen MR) is 75.1 cm³/mol. The van der Waals surface area contributed by atoms with Crippen molar-refractivity contribution in [2.45, 2.75) is 0 Å². The fourth-order valence-corrected chi connectivity index (χ4v) is 1.57. The summed E-state index contributed by atoms with van der Waals surface area (Å²) in [6, 6.07) is 16.0. The smallest absolute Gasteiger partial charge is 0.118 e. The molecular weight excluding hydrogens is 226 g/mol. The van der Waals surface area contributed by atoms with Crippen LogP contribution in [0.1, 0.15) is 0 Å². The van der Waals surface area contributed by atoms with Crippen LogP contribution in [0.25, 0.3) is 11.1 Å². The van der Waals surface area contributed by atoms with Crippen molar-refractivity contribution in [3.8, 4) is 22.6 Å². The maximum absolute atomic E-state index is 5.12. The second-order valence-corrected chi connectivity index (χ2v) is 3.46. The monoisotopic (exact) mass is 245 g/mol. The third-order valence-corrected chi connectivity index (χ3v) is 2.51. The van der Waals surface area contributed by atoms with Crippen molar-refractivity contribution in [3.05, 3.63) is 48.5 Å². The predicted octanol–water partition coefficient (Wildman–Crippen LogP) is 2.95. The van der Waals surface area contributed by atoms with Crippen molar-refractivity contribution in [1.82, 2.24) is 0 Å². The van der Waals surface area contributed by atoms with Crippen molar-refractivity contribution < 1.29 is 9.47 Å². The maximum Gasteiger partial charge on any atom is 0.118 e. The Bertz CT molecular complexity index is 403. The van der Waals surface area contributed by atoms with Gasteiger partial charge in [-0.05, 0) is 42.4 Å². The summed E-state index contributed by atoms with van der Waals surface area (Å²) >= 11 is 0. The van der Waals surface area contributed by atoms with Crippen LogP contribution < -0.4 is 15.2 Å². The van der Waals surface area contributed by atoms with Crippen LogP contribution in [0.15, 0.2) is 48.5 Å². The molecule has 0 unspecified atom stereocenters. The van der Waals surface area contributed by atoms with E-state index in [1.54, 1.807) is 14.2 Å². The molecule has 0 bridgehead atoms. The zero-order valence-corrected chi connectivity index (χ0v) is 11.0. The van der Waals surface area contributed by atoms with Crippen LogP contribution >= 0.6 is 0 Å². The number of ether oxygens (including phenoxy) is 2. The molecule has 2 rings (SSSR count). The molecule has 96 valence electrons.